The molecule has 0 radical (unpaired) electrons. The van der Waals surface area contributed by atoms with Crippen molar-refractivity contribution < 1.29 is 52.6 Å². The zero-order valence-electron chi connectivity index (χ0n) is 52.7. The molecule has 1 atom stereocenters. The predicted molar refractivity (Wildman–Crippen MR) is 349 cm³/mol. The third-order valence-electron chi connectivity index (χ3n) is 15.8. The molecule has 0 bridgehead atoms. The van der Waals surface area contributed by atoms with Crippen LogP contribution in [0.15, 0.2) is 152 Å². The molecule has 1 aliphatic rings. The zero-order valence-corrected chi connectivity index (χ0v) is 52.7. The summed E-state index contributed by atoms with van der Waals surface area (Å²) in [4.78, 5) is 119. The number of ether oxygens (including phenoxy) is 3. The Morgan fingerprint density at radius 3 is 1.55 bits per heavy atom. The summed E-state index contributed by atoms with van der Waals surface area (Å²) in [5.41, 5.74) is 15.9. The van der Waals surface area contributed by atoms with Gasteiger partial charge in [-0.25, -0.2) is 9.97 Å². The Morgan fingerprint density at radius 2 is 1.11 bits per heavy atom. The molecular weight excluding hydrogens is 1200 g/mol. The van der Waals surface area contributed by atoms with Gasteiger partial charge in [-0.1, -0.05) is 103 Å². The number of benzene rings is 5. The first-order chi connectivity index (χ1) is 45.3. The van der Waals surface area contributed by atoms with Gasteiger partial charge in [-0.05, 0) is 87.2 Å². The van der Waals surface area contributed by atoms with Gasteiger partial charge in [0, 0.05) is 76.0 Å². The summed E-state index contributed by atoms with van der Waals surface area (Å²) in [6, 6.07) is 36.5. The van der Waals surface area contributed by atoms with Crippen LogP contribution in [0.4, 0.5) is 11.9 Å². The first-order valence-electron chi connectivity index (χ1n) is 30.4. The van der Waals surface area contributed by atoms with Crippen molar-refractivity contribution in [3.05, 3.63) is 202 Å². The largest absolute Gasteiger partial charge is 0.494 e. The van der Waals surface area contributed by atoms with Crippen molar-refractivity contribution in [2.45, 2.75) is 78.4 Å². The van der Waals surface area contributed by atoms with Crippen LogP contribution in [-0.2, 0) is 55.7 Å². The van der Waals surface area contributed by atoms with E-state index < -0.39 is 58.9 Å². The van der Waals surface area contributed by atoms with Crippen molar-refractivity contribution >= 4 is 81.2 Å². The highest BCUT2D eigenvalue weighted by Crippen LogP contribution is 2.41. The molecule has 484 valence electrons. The lowest BCUT2D eigenvalue weighted by molar-refractivity contribution is -0.140. The molecule has 4 aromatic heterocycles. The van der Waals surface area contributed by atoms with Crippen molar-refractivity contribution in [1.29, 1.82) is 0 Å². The molecule has 0 unspecified atom stereocenters. The number of nitrogens with one attached hydrogen (secondary N) is 3. The van der Waals surface area contributed by atoms with Crippen molar-refractivity contribution in [2.75, 3.05) is 51.1 Å². The Morgan fingerprint density at radius 1 is 0.649 bits per heavy atom. The van der Waals surface area contributed by atoms with E-state index >= 15 is 0 Å². The van der Waals surface area contributed by atoms with Crippen molar-refractivity contribution in [1.82, 2.24) is 53.8 Å². The fourth-order valence-corrected chi connectivity index (χ4v) is 11.3. The number of fused-ring (bicyclic) bond motifs is 2. The minimum Gasteiger partial charge on any atom is -0.494 e. The molecule has 1 aliphatic heterocycles. The molecule has 0 fully saturated rings. The number of imide groups is 1. The maximum absolute atomic E-state index is 14.9. The molecule has 26 heteroatoms. The summed E-state index contributed by atoms with van der Waals surface area (Å²) in [5, 5.41) is 17.6. The van der Waals surface area contributed by atoms with E-state index in [-0.39, 0.29) is 98.0 Å². The highest BCUT2D eigenvalue weighted by Gasteiger charge is 2.40. The number of anilines is 2. The second-order valence-electron chi connectivity index (χ2n) is 22.1. The van der Waals surface area contributed by atoms with E-state index in [1.54, 1.807) is 63.7 Å². The number of methoxy groups -OCH3 is 1. The predicted octanol–water partition coefficient (Wildman–Crippen LogP) is 6.44. The van der Waals surface area contributed by atoms with Crippen LogP contribution in [-0.4, -0.2) is 142 Å². The van der Waals surface area contributed by atoms with E-state index in [4.69, 9.17) is 35.6 Å². The Bertz CT molecular complexity index is 4300. The number of aromatic nitrogens is 8. The number of amides is 8. The molecule has 8 amide bonds. The van der Waals surface area contributed by atoms with E-state index in [9.17, 15) is 38.4 Å². The van der Waals surface area contributed by atoms with Gasteiger partial charge in [0.15, 0.2) is 0 Å². The second-order valence-corrected chi connectivity index (χ2v) is 22.1. The third kappa shape index (κ3) is 14.0. The number of nitrogens with two attached hydrogens (primary N) is 2. The van der Waals surface area contributed by atoms with Crippen LogP contribution < -0.4 is 36.9 Å². The average Bonchev–Trinajstić information content (AvgIpc) is 0.913. The summed E-state index contributed by atoms with van der Waals surface area (Å²) < 4.78 is 25.9. The van der Waals surface area contributed by atoms with Crippen LogP contribution in [0.1, 0.15) is 96.5 Å². The Labute approximate surface area is 540 Å². The summed E-state index contributed by atoms with van der Waals surface area (Å²) >= 11 is 0. The normalized spacial score (nSPS) is 12.6. The lowest BCUT2D eigenvalue weighted by Crippen LogP contribution is -2.52. The van der Waals surface area contributed by atoms with Gasteiger partial charge in [0.25, 0.3) is 23.6 Å². The SMILES string of the molecule is CCn1nc(C)cc1C(=O)Nc1nc2cc(C(N)=O)cc(OC)c2n1C/C=C/Cn1c(NC(=O)c2cc(C)nn2CC)nc2cc(C(N)=O)cc(OCCCN(C)C(=O)[C@H](COC(c3ccccc3)(c3ccccc3)c3ccccc3)NC(=O)CCN3C(=O)C=CC3=O)c21. The quantitative estimate of drug-likeness (QED) is 0.0146. The molecule has 9 aromatic rings. The van der Waals surface area contributed by atoms with Crippen LogP contribution in [0.25, 0.3) is 22.1 Å². The van der Waals surface area contributed by atoms with Gasteiger partial charge in [-0.15, -0.1) is 0 Å². The smallest absolute Gasteiger partial charge is 0.276 e. The summed E-state index contributed by atoms with van der Waals surface area (Å²) in [6.45, 7) is 7.63. The highest BCUT2D eigenvalue weighted by molar-refractivity contribution is 6.13. The number of hydrogen-bond donors (Lipinski definition) is 5. The number of rotatable bonds is 29. The van der Waals surface area contributed by atoms with Gasteiger partial charge in [-0.3, -0.25) is 63.3 Å². The number of allylic oxidation sites excluding steroid dienone is 2. The molecule has 7 N–H and O–H groups in total. The molecular formula is C68H71N15O11. The molecule has 10 rings (SSSR count). The van der Waals surface area contributed by atoms with E-state index in [1.165, 1.54) is 36.3 Å². The van der Waals surface area contributed by atoms with Crippen molar-refractivity contribution in [3.8, 4) is 11.5 Å². The van der Waals surface area contributed by atoms with Gasteiger partial charge in [-0.2, -0.15) is 10.2 Å². The van der Waals surface area contributed by atoms with Crippen LogP contribution in [0.3, 0.4) is 0 Å². The van der Waals surface area contributed by atoms with Crippen LogP contribution in [0.2, 0.25) is 0 Å². The topological polar surface area (TPSA) is 330 Å². The van der Waals surface area contributed by atoms with Crippen LogP contribution >= 0.6 is 0 Å². The summed E-state index contributed by atoms with van der Waals surface area (Å²) in [5.74, 6) is -4.17. The maximum Gasteiger partial charge on any atom is 0.276 e. The van der Waals surface area contributed by atoms with Crippen LogP contribution in [0.5, 0.6) is 11.5 Å². The molecule has 0 aliphatic carbocycles. The summed E-state index contributed by atoms with van der Waals surface area (Å²) in [6.07, 6.45) is 5.73. The molecule has 5 aromatic carbocycles. The fraction of sp³-hybridized carbons (Fsp3) is 0.265. The van der Waals surface area contributed by atoms with Gasteiger partial charge in [0.2, 0.25) is 35.5 Å². The van der Waals surface area contributed by atoms with E-state index in [0.29, 0.717) is 46.7 Å². The molecule has 0 saturated carbocycles. The number of nitrogens with zero attached hydrogens (tertiary/aromatic N) is 10. The number of imidazole rings is 2. The van der Waals surface area contributed by atoms with E-state index in [1.807, 2.05) is 105 Å². The van der Waals surface area contributed by atoms with Gasteiger partial charge in [0.1, 0.15) is 45.6 Å². The minimum atomic E-state index is -1.30. The molecule has 26 nitrogen and oxygen atoms in total. The van der Waals surface area contributed by atoms with Gasteiger partial charge >= 0.3 is 0 Å². The maximum atomic E-state index is 14.9. The van der Waals surface area contributed by atoms with Gasteiger partial charge < -0.3 is 45.0 Å². The minimum absolute atomic E-state index is 0.0186. The second kappa shape index (κ2) is 28.7. The first kappa shape index (κ1) is 65.4. The number of hydrogen-bond acceptors (Lipinski definition) is 15. The Kier molecular flexibility index (Phi) is 20.0. The standard InChI is InChI=1S/C68H71N15O11/c1-7-82-52(35-42(3)76-82)63(89)74-66-72-49-37-44(61(69)87)39-54(92-6)59(49)80(66)31-18-19-32-81-60-50(73-67(81)75-64(90)53-36-43(4)77-83(53)8-2)38-45(62(70)88)40-55(60)93-34-20-30-78(5)65(91)51(71-56(84)29-33-79-57(85)27-28-58(79)86)41-94-68(46-21-12-9-13-22-46,47-23-14-10-15-24-47)48-25-16-11-17-26-48/h9-19,21-28,35-40,51H,7-8,20,29-34,41H2,1-6H3,(H2,69,87)(H2,70,88)(H,71,84)(H,72,74,89)(H,73,75,90)/b19-18+/t51-/m0/s1. The Hall–Kier alpha value is -11.5. The molecule has 5 heterocycles. The third-order valence-corrected chi connectivity index (χ3v) is 15.8. The molecule has 0 saturated heterocycles. The molecule has 94 heavy (non-hydrogen) atoms. The van der Waals surface area contributed by atoms with E-state index in [0.717, 1.165) is 33.7 Å². The number of primary amides is 2. The monoisotopic (exact) mass is 1270 g/mol. The lowest BCUT2D eigenvalue weighted by atomic mass is 9.80. The number of likely N-dealkylation sites (N-methyl/N-ethyl adjacent to an activating group) is 1. The zero-order chi connectivity index (χ0) is 66.8. The van der Waals surface area contributed by atoms with Crippen molar-refractivity contribution in [3.63, 3.8) is 0 Å². The van der Waals surface area contributed by atoms with Crippen molar-refractivity contribution in [2.24, 2.45) is 11.5 Å². The number of carbonyl (C=O) groups is 8. The Balaban J connectivity index is 0.942. The first-order valence-corrected chi connectivity index (χ1v) is 30.4. The average molecular weight is 1270 g/mol. The lowest BCUT2D eigenvalue weighted by Gasteiger charge is -2.37. The van der Waals surface area contributed by atoms with Crippen LogP contribution in [0, 0.1) is 13.8 Å². The summed E-state index contributed by atoms with van der Waals surface area (Å²) in [7, 11) is 3.00. The van der Waals surface area contributed by atoms with Gasteiger partial charge in [0.05, 0.1) is 42.7 Å². The number of carbonyl (C=O) groups excluding carboxylic acids is 8. The fourth-order valence-electron chi connectivity index (χ4n) is 11.3. The highest BCUT2D eigenvalue weighted by atomic mass is 16.5. The van der Waals surface area contributed by atoms with E-state index in [2.05, 4.69) is 26.1 Å². The number of aryl methyl sites for hydroxylation is 4. The molecule has 0 spiro atoms.